The van der Waals surface area contributed by atoms with E-state index in [0.29, 0.717) is 17.1 Å². The fourth-order valence-corrected chi connectivity index (χ4v) is 3.38. The second-order valence-corrected chi connectivity index (χ2v) is 7.46. The van der Waals surface area contributed by atoms with Crippen molar-refractivity contribution in [3.05, 3.63) is 94.5 Å². The maximum absolute atomic E-state index is 14.6. The van der Waals surface area contributed by atoms with Crippen LogP contribution in [0.1, 0.15) is 21.5 Å². The van der Waals surface area contributed by atoms with Gasteiger partial charge in [-0.25, -0.2) is 9.18 Å². The largest absolute Gasteiger partial charge is 0.417 e. The number of nitrogens with zero attached hydrogens (tertiary/aromatic N) is 2. The Balaban J connectivity index is 1.49. The Morgan fingerprint density at radius 1 is 0.824 bits per heavy atom. The molecule has 1 aromatic heterocycles. The molecule has 0 fully saturated rings. The first kappa shape index (κ1) is 23.1. The lowest BCUT2D eigenvalue weighted by atomic mass is 10.0. The maximum Gasteiger partial charge on any atom is 0.417 e. The Labute approximate surface area is 194 Å². The number of carbonyl (C=O) groups is 2. The van der Waals surface area contributed by atoms with E-state index in [4.69, 9.17) is 11.6 Å². The summed E-state index contributed by atoms with van der Waals surface area (Å²) in [6, 6.07) is 9.94. The lowest BCUT2D eigenvalue weighted by molar-refractivity contribution is -0.137. The molecule has 6 nitrogen and oxygen atoms in total. The molecule has 0 bridgehead atoms. The minimum absolute atomic E-state index is 0.0130. The van der Waals surface area contributed by atoms with Crippen molar-refractivity contribution in [2.45, 2.75) is 6.18 Å². The van der Waals surface area contributed by atoms with Crippen LogP contribution < -0.4 is 10.6 Å². The highest BCUT2D eigenvalue weighted by Gasteiger charge is 2.33. The Hall–Kier alpha value is -4.05. The number of fused-ring (bicyclic) bond motifs is 1. The number of amides is 2. The van der Waals surface area contributed by atoms with Gasteiger partial charge in [-0.05, 0) is 54.6 Å². The summed E-state index contributed by atoms with van der Waals surface area (Å²) in [4.78, 5) is 33.1. The minimum atomic E-state index is -4.70. The van der Waals surface area contributed by atoms with Crippen molar-refractivity contribution >= 4 is 45.8 Å². The quantitative estimate of drug-likeness (QED) is 0.260. The average molecular weight is 489 g/mol. The van der Waals surface area contributed by atoms with Crippen LogP contribution in [-0.4, -0.2) is 21.8 Å². The molecule has 0 aliphatic rings. The number of rotatable bonds is 4. The van der Waals surface area contributed by atoms with Gasteiger partial charge in [-0.1, -0.05) is 11.6 Å². The molecule has 0 spiro atoms. The van der Waals surface area contributed by atoms with Crippen LogP contribution in [0.2, 0.25) is 5.02 Å². The van der Waals surface area contributed by atoms with Crippen LogP contribution in [0.25, 0.3) is 11.0 Å². The molecule has 0 saturated carbocycles. The van der Waals surface area contributed by atoms with E-state index in [9.17, 15) is 27.2 Å². The smallest absolute Gasteiger partial charge is 0.308 e. The van der Waals surface area contributed by atoms with Crippen molar-refractivity contribution in [1.82, 2.24) is 9.97 Å². The maximum atomic E-state index is 14.6. The number of aromatic nitrogens is 2. The third-order valence-electron chi connectivity index (χ3n) is 4.73. The third-order valence-corrected chi connectivity index (χ3v) is 5.06. The molecule has 172 valence electrons. The fourth-order valence-electron chi connectivity index (χ4n) is 3.15. The number of carbonyl (C=O) groups excluding carboxylic acids is 2. The molecule has 4 rings (SSSR count). The van der Waals surface area contributed by atoms with Crippen LogP contribution in [0.15, 0.2) is 67.0 Å². The zero-order chi connectivity index (χ0) is 24.5. The van der Waals surface area contributed by atoms with Gasteiger partial charge in [-0.2, -0.15) is 13.2 Å². The van der Waals surface area contributed by atoms with Crippen molar-refractivity contribution < 1.29 is 27.2 Å². The summed E-state index contributed by atoms with van der Waals surface area (Å²) >= 11 is 5.55. The van der Waals surface area contributed by atoms with Crippen LogP contribution in [0.3, 0.4) is 0 Å². The van der Waals surface area contributed by atoms with Crippen molar-refractivity contribution in [2.75, 3.05) is 10.6 Å². The van der Waals surface area contributed by atoms with E-state index >= 15 is 0 Å². The molecule has 2 N–H and O–H groups in total. The second-order valence-electron chi connectivity index (χ2n) is 7.06. The van der Waals surface area contributed by atoms with E-state index in [-0.39, 0.29) is 22.5 Å². The van der Waals surface area contributed by atoms with E-state index in [0.717, 1.165) is 12.1 Å². The fraction of sp³-hybridized carbons (Fsp3) is 0.0435. The van der Waals surface area contributed by atoms with Crippen molar-refractivity contribution in [1.29, 1.82) is 0 Å². The zero-order valence-electron chi connectivity index (χ0n) is 17.0. The number of urea groups is 1. The van der Waals surface area contributed by atoms with Crippen LogP contribution in [0.5, 0.6) is 0 Å². The molecule has 3 aromatic carbocycles. The number of benzene rings is 3. The molecule has 0 atom stereocenters. The van der Waals surface area contributed by atoms with Gasteiger partial charge in [-0.15, -0.1) is 0 Å². The van der Waals surface area contributed by atoms with Gasteiger partial charge < -0.3 is 10.6 Å². The Kier molecular flexibility index (Phi) is 6.16. The van der Waals surface area contributed by atoms with Gasteiger partial charge in [0.1, 0.15) is 5.82 Å². The predicted molar refractivity (Wildman–Crippen MR) is 118 cm³/mol. The zero-order valence-corrected chi connectivity index (χ0v) is 17.7. The number of anilines is 2. The molecule has 0 aliphatic heterocycles. The normalized spacial score (nSPS) is 11.3. The van der Waals surface area contributed by atoms with Gasteiger partial charge in [0.15, 0.2) is 5.78 Å². The summed E-state index contributed by atoms with van der Waals surface area (Å²) in [5.74, 6) is -1.49. The van der Waals surface area contributed by atoms with Gasteiger partial charge in [0.05, 0.1) is 27.2 Å². The molecule has 0 unspecified atom stereocenters. The van der Waals surface area contributed by atoms with E-state index in [1.165, 1.54) is 42.7 Å². The standard InChI is InChI=1S/C23H13ClF4N4O2/c24-17-5-3-13(10-16(17)23(26,27)28)31-22(34)32-14-2-4-15(18(25)11-14)21(33)12-1-6-19-20(9-12)30-8-7-29-19/h1-11H,(H2,31,32,34). The van der Waals surface area contributed by atoms with Crippen molar-refractivity contribution in [3.63, 3.8) is 0 Å². The first-order valence-electron chi connectivity index (χ1n) is 9.61. The first-order valence-corrected chi connectivity index (χ1v) is 9.99. The van der Waals surface area contributed by atoms with Gasteiger partial charge in [0.25, 0.3) is 0 Å². The summed E-state index contributed by atoms with van der Waals surface area (Å²) in [5.41, 5.74) is -0.273. The number of hydrogen-bond donors (Lipinski definition) is 2. The minimum Gasteiger partial charge on any atom is -0.308 e. The average Bonchev–Trinajstić information content (AvgIpc) is 2.79. The third kappa shape index (κ3) is 4.96. The number of hydrogen-bond acceptors (Lipinski definition) is 4. The van der Waals surface area contributed by atoms with Gasteiger partial charge in [0, 0.05) is 29.3 Å². The van der Waals surface area contributed by atoms with Gasteiger partial charge in [0.2, 0.25) is 0 Å². The van der Waals surface area contributed by atoms with E-state index in [1.807, 2.05) is 0 Å². The molecule has 0 radical (unpaired) electrons. The van der Waals surface area contributed by atoms with E-state index in [1.54, 1.807) is 6.07 Å². The Bertz CT molecular complexity index is 1430. The van der Waals surface area contributed by atoms with Crippen molar-refractivity contribution in [2.24, 2.45) is 0 Å². The summed E-state index contributed by atoms with van der Waals surface area (Å²) in [6.45, 7) is 0. The molecule has 1 heterocycles. The van der Waals surface area contributed by atoms with E-state index in [2.05, 4.69) is 20.6 Å². The second kappa shape index (κ2) is 9.06. The SMILES string of the molecule is O=C(Nc1ccc(C(=O)c2ccc3nccnc3c2)c(F)c1)Nc1ccc(Cl)c(C(F)(F)F)c1. The molecule has 0 saturated heterocycles. The first-order chi connectivity index (χ1) is 16.1. The van der Waals surface area contributed by atoms with Crippen LogP contribution in [-0.2, 0) is 6.18 Å². The molecule has 11 heteroatoms. The summed E-state index contributed by atoms with van der Waals surface area (Å²) in [5, 5.41) is 4.00. The van der Waals surface area contributed by atoms with Crippen LogP contribution in [0.4, 0.5) is 33.7 Å². The highest BCUT2D eigenvalue weighted by molar-refractivity contribution is 6.31. The lowest BCUT2D eigenvalue weighted by Crippen LogP contribution is -2.20. The van der Waals surface area contributed by atoms with Crippen LogP contribution >= 0.6 is 11.6 Å². The summed E-state index contributed by atoms with van der Waals surface area (Å²) in [7, 11) is 0. The van der Waals surface area contributed by atoms with Gasteiger partial charge >= 0.3 is 12.2 Å². The topological polar surface area (TPSA) is 84.0 Å². The van der Waals surface area contributed by atoms with Crippen LogP contribution in [0, 0.1) is 5.82 Å². The molecule has 4 aromatic rings. The summed E-state index contributed by atoms with van der Waals surface area (Å²) < 4.78 is 53.6. The van der Waals surface area contributed by atoms with E-state index < -0.39 is 34.4 Å². The molecule has 34 heavy (non-hydrogen) atoms. The number of ketones is 1. The Morgan fingerprint density at radius 3 is 2.15 bits per heavy atom. The summed E-state index contributed by atoms with van der Waals surface area (Å²) in [6.07, 6.45) is -1.72. The molecular weight excluding hydrogens is 476 g/mol. The number of halogens is 5. The number of nitrogens with one attached hydrogen (secondary N) is 2. The van der Waals surface area contributed by atoms with Crippen molar-refractivity contribution in [3.8, 4) is 0 Å². The highest BCUT2D eigenvalue weighted by atomic mass is 35.5. The monoisotopic (exact) mass is 488 g/mol. The predicted octanol–water partition coefficient (Wildman–Crippen LogP) is 6.32. The Morgan fingerprint density at radius 2 is 1.47 bits per heavy atom. The molecule has 0 aliphatic carbocycles. The number of alkyl halides is 3. The lowest BCUT2D eigenvalue weighted by Gasteiger charge is -2.13. The molecular formula is C23H13ClF4N4O2. The van der Waals surface area contributed by atoms with Gasteiger partial charge in [-0.3, -0.25) is 14.8 Å². The highest BCUT2D eigenvalue weighted by Crippen LogP contribution is 2.36. The molecule has 2 amide bonds.